The second kappa shape index (κ2) is 10.1. The van der Waals surface area contributed by atoms with Gasteiger partial charge in [-0.05, 0) is 37.1 Å². The summed E-state index contributed by atoms with van der Waals surface area (Å²) in [4.78, 5) is 29.0. The summed E-state index contributed by atoms with van der Waals surface area (Å²) in [6.45, 7) is 6.00. The average molecular weight is 390 g/mol. The van der Waals surface area contributed by atoms with Gasteiger partial charge in [-0.1, -0.05) is 0 Å². The van der Waals surface area contributed by atoms with E-state index in [-0.39, 0.29) is 11.9 Å². The number of nitrogens with zero attached hydrogens (tertiary/aromatic N) is 2. The lowest BCUT2D eigenvalue weighted by Gasteiger charge is -2.28. The standard InChI is InChI=1S/C19H30N6O3/c1-28-16-6-4-15(5-7-16)22-23-18(26)17-3-2-11-25(17)19(27)21-10-14-24-12-8-20-9-13-24/h4-7,17,20,22H,2-3,8-14H2,1H3,(H,21,27)(H,23,26). The maximum Gasteiger partial charge on any atom is 0.318 e. The summed E-state index contributed by atoms with van der Waals surface area (Å²) in [6.07, 6.45) is 1.49. The number of ether oxygens (including phenoxy) is 1. The topological polar surface area (TPSA) is 98.0 Å². The fourth-order valence-corrected chi connectivity index (χ4v) is 3.53. The fourth-order valence-electron chi connectivity index (χ4n) is 3.53. The number of piperazine rings is 1. The Labute approximate surface area is 165 Å². The maximum absolute atomic E-state index is 12.5. The number of anilines is 1. The van der Waals surface area contributed by atoms with Crippen molar-refractivity contribution in [3.63, 3.8) is 0 Å². The normalized spacial score (nSPS) is 19.9. The average Bonchev–Trinajstić information content (AvgIpc) is 3.23. The van der Waals surface area contributed by atoms with Gasteiger partial charge in [-0.2, -0.15) is 0 Å². The van der Waals surface area contributed by atoms with Crippen molar-refractivity contribution in [3.05, 3.63) is 24.3 Å². The van der Waals surface area contributed by atoms with Crippen LogP contribution in [0.4, 0.5) is 10.5 Å². The van der Waals surface area contributed by atoms with Gasteiger partial charge in [0.25, 0.3) is 5.91 Å². The van der Waals surface area contributed by atoms with Crippen molar-refractivity contribution in [2.24, 2.45) is 0 Å². The summed E-state index contributed by atoms with van der Waals surface area (Å²) in [5.41, 5.74) is 6.35. The number of rotatable bonds is 7. The van der Waals surface area contributed by atoms with Crippen molar-refractivity contribution in [1.29, 1.82) is 0 Å². The molecule has 4 N–H and O–H groups in total. The molecular weight excluding hydrogens is 360 g/mol. The Bertz CT molecular complexity index is 648. The van der Waals surface area contributed by atoms with E-state index < -0.39 is 6.04 Å². The zero-order valence-corrected chi connectivity index (χ0v) is 16.4. The van der Waals surface area contributed by atoms with Crippen LogP contribution in [0.2, 0.25) is 0 Å². The number of amides is 3. The van der Waals surface area contributed by atoms with Gasteiger partial charge < -0.3 is 20.3 Å². The quantitative estimate of drug-likeness (QED) is 0.497. The van der Waals surface area contributed by atoms with Gasteiger partial charge >= 0.3 is 6.03 Å². The van der Waals surface area contributed by atoms with Crippen molar-refractivity contribution in [3.8, 4) is 5.75 Å². The van der Waals surface area contributed by atoms with Crippen LogP contribution in [0.1, 0.15) is 12.8 Å². The lowest BCUT2D eigenvalue weighted by atomic mass is 10.2. The number of methoxy groups -OCH3 is 1. The van der Waals surface area contributed by atoms with Crippen LogP contribution in [-0.4, -0.2) is 80.7 Å². The third-order valence-corrected chi connectivity index (χ3v) is 5.15. The number of carbonyl (C=O) groups excluding carboxylic acids is 2. The summed E-state index contributed by atoms with van der Waals surface area (Å²) >= 11 is 0. The monoisotopic (exact) mass is 390 g/mol. The Balaban J connectivity index is 1.43. The van der Waals surface area contributed by atoms with Crippen molar-refractivity contribution in [2.75, 3.05) is 58.3 Å². The molecule has 154 valence electrons. The van der Waals surface area contributed by atoms with Gasteiger partial charge in [0, 0.05) is 45.8 Å². The molecule has 2 saturated heterocycles. The fraction of sp³-hybridized carbons (Fsp3) is 0.579. The lowest BCUT2D eigenvalue weighted by Crippen LogP contribution is -2.52. The number of carbonyl (C=O) groups is 2. The van der Waals surface area contributed by atoms with Crippen molar-refractivity contribution in [2.45, 2.75) is 18.9 Å². The van der Waals surface area contributed by atoms with Crippen LogP contribution >= 0.6 is 0 Å². The molecule has 0 spiro atoms. The van der Waals surface area contributed by atoms with Crippen molar-refractivity contribution < 1.29 is 14.3 Å². The molecular formula is C19H30N6O3. The maximum atomic E-state index is 12.5. The highest BCUT2D eigenvalue weighted by atomic mass is 16.5. The highest BCUT2D eigenvalue weighted by molar-refractivity contribution is 5.88. The summed E-state index contributed by atoms with van der Waals surface area (Å²) in [6, 6.07) is 6.62. The highest BCUT2D eigenvalue weighted by Crippen LogP contribution is 2.18. The van der Waals surface area contributed by atoms with Gasteiger partial charge in [-0.25, -0.2) is 4.79 Å². The first-order chi connectivity index (χ1) is 13.7. The first-order valence-corrected chi connectivity index (χ1v) is 9.85. The van der Waals surface area contributed by atoms with Gasteiger partial charge in [0.1, 0.15) is 11.8 Å². The molecule has 2 aliphatic rings. The van der Waals surface area contributed by atoms with Crippen LogP contribution in [0.15, 0.2) is 24.3 Å². The third-order valence-electron chi connectivity index (χ3n) is 5.15. The van der Waals surface area contributed by atoms with Gasteiger partial charge in [0.05, 0.1) is 12.8 Å². The molecule has 3 amide bonds. The van der Waals surface area contributed by atoms with Gasteiger partial charge in [-0.15, -0.1) is 0 Å². The summed E-state index contributed by atoms with van der Waals surface area (Å²) in [5.74, 6) is 0.543. The molecule has 1 aromatic rings. The smallest absolute Gasteiger partial charge is 0.318 e. The van der Waals surface area contributed by atoms with Gasteiger partial charge in [-0.3, -0.25) is 20.5 Å². The van der Waals surface area contributed by atoms with E-state index in [0.29, 0.717) is 19.5 Å². The molecule has 9 nitrogen and oxygen atoms in total. The van der Waals surface area contributed by atoms with E-state index in [2.05, 4.69) is 26.4 Å². The number of urea groups is 1. The van der Waals surface area contributed by atoms with Crippen LogP contribution in [-0.2, 0) is 4.79 Å². The number of nitrogens with one attached hydrogen (secondary N) is 4. The summed E-state index contributed by atoms with van der Waals surface area (Å²) in [5, 5.41) is 6.27. The molecule has 3 rings (SSSR count). The Kier molecular flexibility index (Phi) is 7.32. The first-order valence-electron chi connectivity index (χ1n) is 9.85. The first kappa shape index (κ1) is 20.2. The van der Waals surface area contributed by atoms with E-state index in [1.807, 2.05) is 24.3 Å². The van der Waals surface area contributed by atoms with E-state index in [9.17, 15) is 9.59 Å². The molecule has 0 radical (unpaired) electrons. The van der Waals surface area contributed by atoms with E-state index in [0.717, 1.165) is 50.6 Å². The number of likely N-dealkylation sites (tertiary alicyclic amines) is 1. The molecule has 0 aromatic heterocycles. The number of hydrogen-bond donors (Lipinski definition) is 4. The summed E-state index contributed by atoms with van der Waals surface area (Å²) in [7, 11) is 1.60. The van der Waals surface area contributed by atoms with Crippen molar-refractivity contribution in [1.82, 2.24) is 25.9 Å². The van der Waals surface area contributed by atoms with Gasteiger partial charge in [0.15, 0.2) is 0 Å². The number of hydrazine groups is 1. The Morgan fingerprint density at radius 3 is 2.64 bits per heavy atom. The Morgan fingerprint density at radius 2 is 1.93 bits per heavy atom. The molecule has 2 fully saturated rings. The van der Waals surface area contributed by atoms with E-state index in [1.165, 1.54) is 0 Å². The molecule has 28 heavy (non-hydrogen) atoms. The predicted octanol–water partition coefficient (Wildman–Crippen LogP) is 0.218. The van der Waals surface area contributed by atoms with Crippen LogP contribution < -0.4 is 26.2 Å². The second-order valence-corrected chi connectivity index (χ2v) is 7.02. The largest absolute Gasteiger partial charge is 0.497 e. The van der Waals surface area contributed by atoms with E-state index in [4.69, 9.17) is 4.74 Å². The Morgan fingerprint density at radius 1 is 1.18 bits per heavy atom. The predicted molar refractivity (Wildman–Crippen MR) is 107 cm³/mol. The minimum atomic E-state index is -0.454. The molecule has 9 heteroatoms. The molecule has 1 aromatic carbocycles. The third kappa shape index (κ3) is 5.49. The molecule has 0 aliphatic carbocycles. The molecule has 2 aliphatic heterocycles. The number of hydrogen-bond acceptors (Lipinski definition) is 6. The molecule has 0 saturated carbocycles. The molecule has 2 heterocycles. The molecule has 1 unspecified atom stereocenters. The zero-order chi connectivity index (χ0) is 19.8. The lowest BCUT2D eigenvalue weighted by molar-refractivity contribution is -0.124. The second-order valence-electron chi connectivity index (χ2n) is 7.02. The van der Waals surface area contributed by atoms with Crippen molar-refractivity contribution >= 4 is 17.6 Å². The minimum Gasteiger partial charge on any atom is -0.497 e. The highest BCUT2D eigenvalue weighted by Gasteiger charge is 2.34. The van der Waals surface area contributed by atoms with Crippen LogP contribution in [0.25, 0.3) is 0 Å². The SMILES string of the molecule is COc1ccc(NNC(=O)C2CCCN2C(=O)NCCN2CCNCC2)cc1. The van der Waals surface area contributed by atoms with E-state index >= 15 is 0 Å². The zero-order valence-electron chi connectivity index (χ0n) is 16.4. The summed E-state index contributed by atoms with van der Waals surface area (Å²) < 4.78 is 5.11. The van der Waals surface area contributed by atoms with Crippen LogP contribution in [0.5, 0.6) is 5.75 Å². The van der Waals surface area contributed by atoms with Gasteiger partial charge in [0.2, 0.25) is 0 Å². The minimum absolute atomic E-state index is 0.169. The molecule has 1 atom stereocenters. The van der Waals surface area contributed by atoms with Crippen LogP contribution in [0, 0.1) is 0 Å². The van der Waals surface area contributed by atoms with E-state index in [1.54, 1.807) is 12.0 Å². The number of benzene rings is 1. The Hall–Kier alpha value is -2.52. The molecule has 0 bridgehead atoms. The van der Waals surface area contributed by atoms with Crippen LogP contribution in [0.3, 0.4) is 0 Å².